The van der Waals surface area contributed by atoms with E-state index in [0.717, 1.165) is 42.9 Å². The molecular formula is C21H25NO3. The van der Waals surface area contributed by atoms with E-state index in [0.29, 0.717) is 25.8 Å². The molecule has 4 rings (SSSR count). The minimum Gasteiger partial charge on any atom is -0.490 e. The molecule has 4 nitrogen and oxygen atoms in total. The van der Waals surface area contributed by atoms with E-state index < -0.39 is 6.10 Å². The van der Waals surface area contributed by atoms with Crippen LogP contribution in [0.25, 0.3) is 0 Å². The monoisotopic (exact) mass is 339 g/mol. The first-order valence-electron chi connectivity index (χ1n) is 9.18. The number of hydrogen-bond acceptors (Lipinski definition) is 4. The van der Waals surface area contributed by atoms with Gasteiger partial charge in [0, 0.05) is 19.0 Å². The van der Waals surface area contributed by atoms with Crippen molar-refractivity contribution < 1.29 is 14.6 Å². The van der Waals surface area contributed by atoms with Crippen LogP contribution < -0.4 is 9.47 Å². The van der Waals surface area contributed by atoms with Crippen molar-refractivity contribution in [3.63, 3.8) is 0 Å². The van der Waals surface area contributed by atoms with Crippen LogP contribution in [0.2, 0.25) is 0 Å². The van der Waals surface area contributed by atoms with Crippen LogP contribution in [0.5, 0.6) is 11.5 Å². The predicted octanol–water partition coefficient (Wildman–Crippen LogP) is 3.72. The highest BCUT2D eigenvalue weighted by atomic mass is 16.5. The van der Waals surface area contributed by atoms with Crippen LogP contribution in [0.3, 0.4) is 0 Å². The largest absolute Gasteiger partial charge is 0.490 e. The van der Waals surface area contributed by atoms with E-state index in [-0.39, 0.29) is 0 Å². The van der Waals surface area contributed by atoms with Crippen LogP contribution in [0.15, 0.2) is 48.5 Å². The molecule has 0 spiro atoms. The number of ether oxygens (including phenoxy) is 2. The fourth-order valence-corrected chi connectivity index (χ4v) is 3.81. The Morgan fingerprint density at radius 3 is 2.64 bits per heavy atom. The Bertz CT molecular complexity index is 704. The number of rotatable bonds is 4. The van der Waals surface area contributed by atoms with E-state index in [1.807, 2.05) is 36.4 Å². The van der Waals surface area contributed by atoms with E-state index in [9.17, 15) is 5.11 Å². The van der Waals surface area contributed by atoms with Gasteiger partial charge in [-0.2, -0.15) is 0 Å². The maximum atomic E-state index is 10.6. The molecule has 2 aliphatic heterocycles. The van der Waals surface area contributed by atoms with Gasteiger partial charge in [-0.1, -0.05) is 36.4 Å². The topological polar surface area (TPSA) is 41.9 Å². The van der Waals surface area contributed by atoms with E-state index in [1.54, 1.807) is 0 Å². The van der Waals surface area contributed by atoms with Gasteiger partial charge in [0.15, 0.2) is 11.5 Å². The number of hydrogen-bond donors (Lipinski definition) is 1. The second-order valence-corrected chi connectivity index (χ2v) is 6.84. The van der Waals surface area contributed by atoms with Gasteiger partial charge < -0.3 is 14.6 Å². The van der Waals surface area contributed by atoms with Gasteiger partial charge >= 0.3 is 0 Å². The van der Waals surface area contributed by atoms with Crippen molar-refractivity contribution in [1.29, 1.82) is 0 Å². The zero-order chi connectivity index (χ0) is 17.1. The highest BCUT2D eigenvalue weighted by molar-refractivity contribution is 5.44. The first-order valence-corrected chi connectivity index (χ1v) is 9.18. The van der Waals surface area contributed by atoms with Crippen LogP contribution in [0.4, 0.5) is 0 Å². The molecule has 0 unspecified atom stereocenters. The Hall–Kier alpha value is -2.04. The predicted molar refractivity (Wildman–Crippen MR) is 97.0 cm³/mol. The van der Waals surface area contributed by atoms with Crippen molar-refractivity contribution >= 4 is 0 Å². The Balaban J connectivity index is 1.50. The maximum absolute atomic E-state index is 10.6. The van der Waals surface area contributed by atoms with Gasteiger partial charge in [-0.3, -0.25) is 4.90 Å². The van der Waals surface area contributed by atoms with Crippen LogP contribution >= 0.6 is 0 Å². The molecular weight excluding hydrogens is 314 g/mol. The summed E-state index contributed by atoms with van der Waals surface area (Å²) in [7, 11) is 0. The summed E-state index contributed by atoms with van der Waals surface area (Å²) >= 11 is 0. The van der Waals surface area contributed by atoms with Crippen molar-refractivity contribution in [2.75, 3.05) is 26.3 Å². The molecule has 0 aromatic heterocycles. The van der Waals surface area contributed by atoms with Crippen molar-refractivity contribution in [2.24, 2.45) is 0 Å². The van der Waals surface area contributed by atoms with Gasteiger partial charge in [0.2, 0.25) is 0 Å². The number of β-amino-alcohol motifs (C(OH)–C–C–N with tert-alkyl or cyclic N) is 1. The third-order valence-electron chi connectivity index (χ3n) is 5.11. The number of benzene rings is 2. The number of fused-ring (bicyclic) bond motifs is 1. The Morgan fingerprint density at radius 1 is 1.00 bits per heavy atom. The molecule has 2 aliphatic rings. The first kappa shape index (κ1) is 16.4. The fraction of sp³-hybridized carbons (Fsp3) is 0.429. The normalized spacial score (nSPS) is 21.7. The average Bonchev–Trinajstić information content (AvgIpc) is 2.98. The summed E-state index contributed by atoms with van der Waals surface area (Å²) in [4.78, 5) is 2.39. The van der Waals surface area contributed by atoms with Crippen molar-refractivity contribution in [3.8, 4) is 11.5 Å². The standard InChI is InChI=1S/C21H25NO3/c23-19(16-6-2-1-3-7-16)15-22-11-4-8-18(22)17-9-10-20-21(14-17)25-13-5-12-24-20/h1-3,6-7,9-10,14,18-19,23H,4-5,8,11-13,15H2/t18-,19+/m0/s1. The molecule has 0 saturated carbocycles. The molecule has 0 radical (unpaired) electrons. The quantitative estimate of drug-likeness (QED) is 0.922. The van der Waals surface area contributed by atoms with Gasteiger partial charge in [-0.15, -0.1) is 0 Å². The van der Waals surface area contributed by atoms with Crippen molar-refractivity contribution in [2.45, 2.75) is 31.4 Å². The highest BCUT2D eigenvalue weighted by Crippen LogP contribution is 2.38. The summed E-state index contributed by atoms with van der Waals surface area (Å²) in [5.41, 5.74) is 2.23. The van der Waals surface area contributed by atoms with Gasteiger partial charge in [0.1, 0.15) is 0 Å². The summed E-state index contributed by atoms with van der Waals surface area (Å²) in [5.74, 6) is 1.69. The van der Waals surface area contributed by atoms with Gasteiger partial charge in [0.25, 0.3) is 0 Å². The van der Waals surface area contributed by atoms with E-state index in [4.69, 9.17) is 9.47 Å². The van der Waals surface area contributed by atoms with Crippen LogP contribution in [-0.2, 0) is 0 Å². The molecule has 2 aromatic rings. The number of aliphatic hydroxyl groups excluding tert-OH is 1. The lowest BCUT2D eigenvalue weighted by molar-refractivity contribution is 0.106. The lowest BCUT2D eigenvalue weighted by atomic mass is 10.0. The zero-order valence-electron chi connectivity index (χ0n) is 14.4. The molecule has 1 saturated heterocycles. The molecule has 0 bridgehead atoms. The smallest absolute Gasteiger partial charge is 0.161 e. The highest BCUT2D eigenvalue weighted by Gasteiger charge is 2.28. The fourth-order valence-electron chi connectivity index (χ4n) is 3.81. The number of aliphatic hydroxyl groups is 1. The lowest BCUT2D eigenvalue weighted by Gasteiger charge is -2.27. The minimum absolute atomic E-state index is 0.329. The maximum Gasteiger partial charge on any atom is 0.161 e. The zero-order valence-corrected chi connectivity index (χ0v) is 14.4. The first-order chi connectivity index (χ1) is 12.3. The van der Waals surface area contributed by atoms with Crippen LogP contribution in [0.1, 0.15) is 42.5 Å². The Morgan fingerprint density at radius 2 is 1.80 bits per heavy atom. The second kappa shape index (κ2) is 7.46. The Labute approximate surface area is 149 Å². The summed E-state index contributed by atoms with van der Waals surface area (Å²) in [6.07, 6.45) is 2.73. The molecule has 132 valence electrons. The summed E-state index contributed by atoms with van der Waals surface area (Å²) in [6, 6.07) is 16.5. The molecule has 1 N–H and O–H groups in total. The molecule has 0 aliphatic carbocycles. The SMILES string of the molecule is O[C@H](CN1CCC[C@H]1c1ccc2c(c1)OCCCO2)c1ccccc1. The van der Waals surface area contributed by atoms with Crippen molar-refractivity contribution in [1.82, 2.24) is 4.90 Å². The Kier molecular flexibility index (Phi) is 4.90. The van der Waals surface area contributed by atoms with Crippen molar-refractivity contribution in [3.05, 3.63) is 59.7 Å². The van der Waals surface area contributed by atoms with E-state index >= 15 is 0 Å². The molecule has 2 atom stereocenters. The molecule has 2 aromatic carbocycles. The van der Waals surface area contributed by atoms with E-state index in [2.05, 4.69) is 17.0 Å². The lowest BCUT2D eigenvalue weighted by Crippen LogP contribution is -2.28. The summed E-state index contributed by atoms with van der Waals surface area (Å²) in [5, 5.41) is 10.6. The van der Waals surface area contributed by atoms with Gasteiger partial charge in [0.05, 0.1) is 19.3 Å². The van der Waals surface area contributed by atoms with Crippen LogP contribution in [-0.4, -0.2) is 36.3 Å². The van der Waals surface area contributed by atoms with Gasteiger partial charge in [-0.05, 0) is 42.6 Å². The summed E-state index contributed by atoms with van der Waals surface area (Å²) < 4.78 is 11.6. The van der Waals surface area contributed by atoms with Gasteiger partial charge in [-0.25, -0.2) is 0 Å². The molecule has 1 fully saturated rings. The van der Waals surface area contributed by atoms with E-state index in [1.165, 1.54) is 5.56 Å². The molecule has 25 heavy (non-hydrogen) atoms. The third kappa shape index (κ3) is 3.65. The third-order valence-corrected chi connectivity index (χ3v) is 5.11. The molecule has 2 heterocycles. The number of nitrogens with zero attached hydrogens (tertiary/aromatic N) is 1. The summed E-state index contributed by atoms with van der Waals surface area (Å²) in [6.45, 7) is 3.09. The number of likely N-dealkylation sites (tertiary alicyclic amines) is 1. The molecule has 0 amide bonds. The second-order valence-electron chi connectivity index (χ2n) is 6.84. The molecule has 4 heteroatoms. The average molecular weight is 339 g/mol. The minimum atomic E-state index is -0.456. The van der Waals surface area contributed by atoms with Crippen LogP contribution in [0, 0.1) is 0 Å².